The minimum atomic E-state index is -0.907. The predicted molar refractivity (Wildman–Crippen MR) is 68.4 cm³/mol. The molecule has 0 amide bonds. The molecule has 1 aromatic rings. The van der Waals surface area contributed by atoms with Gasteiger partial charge in [-0.2, -0.15) is 0 Å². The Morgan fingerprint density at radius 1 is 1.38 bits per heavy atom. The fourth-order valence-electron chi connectivity index (χ4n) is 1.36. The molecule has 0 aliphatic rings. The Kier molecular flexibility index (Phi) is 5.49. The van der Waals surface area contributed by atoms with Crippen LogP contribution in [0.25, 0.3) is 0 Å². The highest BCUT2D eigenvalue weighted by molar-refractivity contribution is 7.84. The van der Waals surface area contributed by atoms with Crippen molar-refractivity contribution >= 4 is 16.5 Å². The Morgan fingerprint density at radius 3 is 2.50 bits per heavy atom. The van der Waals surface area contributed by atoms with Crippen LogP contribution in [0.5, 0.6) is 0 Å². The van der Waals surface area contributed by atoms with Crippen molar-refractivity contribution in [3.05, 3.63) is 24.3 Å². The van der Waals surface area contributed by atoms with Gasteiger partial charge in [0, 0.05) is 40.3 Å². The molecule has 0 aliphatic carbocycles. The summed E-state index contributed by atoms with van der Waals surface area (Å²) >= 11 is 0. The van der Waals surface area contributed by atoms with Crippen LogP contribution in [0.2, 0.25) is 0 Å². The number of hydrogen-bond acceptors (Lipinski definition) is 3. The van der Waals surface area contributed by atoms with Crippen LogP contribution in [0.4, 0.5) is 5.69 Å². The van der Waals surface area contributed by atoms with Crippen LogP contribution in [-0.2, 0) is 15.5 Å². The number of benzene rings is 1. The van der Waals surface area contributed by atoms with Gasteiger partial charge in [0.15, 0.2) is 0 Å². The quantitative estimate of drug-likeness (QED) is 0.830. The summed E-state index contributed by atoms with van der Waals surface area (Å²) in [7, 11) is -0.907. The van der Waals surface area contributed by atoms with Crippen molar-refractivity contribution < 1.29 is 8.95 Å². The van der Waals surface area contributed by atoms with Crippen LogP contribution >= 0.6 is 0 Å². The van der Waals surface area contributed by atoms with Gasteiger partial charge in [-0.05, 0) is 38.1 Å². The highest BCUT2D eigenvalue weighted by Crippen LogP contribution is 2.12. The average Bonchev–Trinajstić information content (AvgIpc) is 2.27. The Morgan fingerprint density at radius 2 is 2.00 bits per heavy atom. The first-order chi connectivity index (χ1) is 7.63. The second kappa shape index (κ2) is 6.66. The van der Waals surface area contributed by atoms with Gasteiger partial charge in [0.2, 0.25) is 0 Å². The summed E-state index contributed by atoms with van der Waals surface area (Å²) < 4.78 is 16.5. The zero-order chi connectivity index (χ0) is 12.0. The molecule has 0 fully saturated rings. The van der Waals surface area contributed by atoms with E-state index in [0.717, 1.165) is 17.2 Å². The zero-order valence-corrected chi connectivity index (χ0v) is 10.8. The van der Waals surface area contributed by atoms with Crippen LogP contribution in [0, 0.1) is 0 Å². The molecule has 2 atom stereocenters. The van der Waals surface area contributed by atoms with Crippen molar-refractivity contribution in [3.63, 3.8) is 0 Å². The maximum atomic E-state index is 11.2. The molecule has 1 aromatic carbocycles. The highest BCUT2D eigenvalue weighted by Gasteiger charge is 2.02. The largest absolute Gasteiger partial charge is 0.380 e. The molecule has 3 nitrogen and oxygen atoms in total. The lowest BCUT2D eigenvalue weighted by Crippen LogP contribution is -2.21. The van der Waals surface area contributed by atoms with Crippen molar-refractivity contribution in [1.82, 2.24) is 0 Å². The van der Waals surface area contributed by atoms with Gasteiger partial charge in [0.1, 0.15) is 0 Å². The van der Waals surface area contributed by atoms with Crippen LogP contribution < -0.4 is 5.32 Å². The van der Waals surface area contributed by atoms with Gasteiger partial charge in [-0.25, -0.2) is 0 Å². The van der Waals surface area contributed by atoms with E-state index in [2.05, 4.69) is 12.2 Å². The third-order valence-corrected chi connectivity index (χ3v) is 3.11. The van der Waals surface area contributed by atoms with E-state index in [4.69, 9.17) is 4.74 Å². The van der Waals surface area contributed by atoms with Crippen molar-refractivity contribution in [2.45, 2.75) is 24.8 Å². The van der Waals surface area contributed by atoms with Crippen LogP contribution in [-0.4, -0.2) is 29.7 Å². The van der Waals surface area contributed by atoms with Gasteiger partial charge in [0.25, 0.3) is 0 Å². The Labute approximate surface area is 99.7 Å². The normalized spacial score (nSPS) is 14.4. The lowest BCUT2D eigenvalue weighted by Gasteiger charge is -2.15. The molecule has 0 aliphatic heterocycles. The first-order valence-electron chi connectivity index (χ1n) is 5.41. The maximum Gasteiger partial charge on any atom is 0.0664 e. The van der Waals surface area contributed by atoms with Gasteiger partial charge in [0.05, 0.1) is 6.61 Å². The number of rotatable bonds is 6. The van der Waals surface area contributed by atoms with Gasteiger partial charge in [-0.3, -0.25) is 4.21 Å². The Bertz CT molecular complexity index is 337. The number of anilines is 1. The topological polar surface area (TPSA) is 38.3 Å². The number of nitrogens with one attached hydrogen (secondary N) is 1. The predicted octanol–water partition coefficient (Wildman–Crippen LogP) is 2.26. The molecule has 16 heavy (non-hydrogen) atoms. The van der Waals surface area contributed by atoms with Crippen LogP contribution in [0.15, 0.2) is 29.2 Å². The van der Waals surface area contributed by atoms with E-state index < -0.39 is 10.8 Å². The monoisotopic (exact) mass is 241 g/mol. The molecular formula is C12H19NO2S. The summed E-state index contributed by atoms with van der Waals surface area (Å²) in [6, 6.07) is 7.92. The van der Waals surface area contributed by atoms with Crippen LogP contribution in [0.3, 0.4) is 0 Å². The van der Waals surface area contributed by atoms with Crippen molar-refractivity contribution in [1.29, 1.82) is 0 Å². The molecule has 0 aromatic heterocycles. The summed E-state index contributed by atoms with van der Waals surface area (Å²) in [5.74, 6) is 0. The summed E-state index contributed by atoms with van der Waals surface area (Å²) in [4.78, 5) is 0.850. The standard InChI is InChI=1S/C12H19NO2S/c1-4-15-9-10(2)13-11-5-7-12(8-6-11)16(3)14/h5-8,10,13H,4,9H2,1-3H3/t10-,16-/m1/s1. The van der Waals surface area contributed by atoms with E-state index in [9.17, 15) is 4.21 Å². The summed E-state index contributed by atoms with van der Waals surface area (Å²) in [5.41, 5.74) is 1.03. The van der Waals surface area contributed by atoms with Gasteiger partial charge < -0.3 is 10.1 Å². The second-order valence-electron chi connectivity index (χ2n) is 3.68. The Balaban J connectivity index is 2.51. The minimum Gasteiger partial charge on any atom is -0.380 e. The summed E-state index contributed by atoms with van der Waals surface area (Å²) in [5, 5.41) is 3.32. The SMILES string of the molecule is CCOC[C@@H](C)Nc1ccc([S@@](C)=O)cc1. The number of hydrogen-bond donors (Lipinski definition) is 1. The maximum absolute atomic E-state index is 11.2. The molecule has 0 bridgehead atoms. The second-order valence-corrected chi connectivity index (χ2v) is 5.06. The van der Waals surface area contributed by atoms with E-state index in [-0.39, 0.29) is 6.04 Å². The number of ether oxygens (including phenoxy) is 1. The van der Waals surface area contributed by atoms with Gasteiger partial charge in [-0.1, -0.05) is 0 Å². The van der Waals surface area contributed by atoms with E-state index >= 15 is 0 Å². The lowest BCUT2D eigenvalue weighted by atomic mass is 10.3. The molecular weight excluding hydrogens is 222 g/mol. The molecule has 1 rings (SSSR count). The van der Waals surface area contributed by atoms with E-state index in [1.807, 2.05) is 31.2 Å². The lowest BCUT2D eigenvalue weighted by molar-refractivity contribution is 0.141. The molecule has 0 unspecified atom stereocenters. The van der Waals surface area contributed by atoms with E-state index in [1.165, 1.54) is 0 Å². The molecule has 0 radical (unpaired) electrons. The first kappa shape index (κ1) is 13.2. The first-order valence-corrected chi connectivity index (χ1v) is 6.97. The highest BCUT2D eigenvalue weighted by atomic mass is 32.2. The molecule has 0 saturated carbocycles. The van der Waals surface area contributed by atoms with Crippen LogP contribution in [0.1, 0.15) is 13.8 Å². The third kappa shape index (κ3) is 4.33. The third-order valence-electron chi connectivity index (χ3n) is 2.17. The Hall–Kier alpha value is -0.870. The summed E-state index contributed by atoms with van der Waals surface area (Å²) in [6.45, 7) is 5.48. The van der Waals surface area contributed by atoms with E-state index in [1.54, 1.807) is 6.26 Å². The molecule has 0 spiro atoms. The molecule has 0 heterocycles. The van der Waals surface area contributed by atoms with E-state index in [0.29, 0.717) is 6.61 Å². The average molecular weight is 241 g/mol. The van der Waals surface area contributed by atoms with Crippen molar-refractivity contribution in [2.75, 3.05) is 24.8 Å². The minimum absolute atomic E-state index is 0.276. The molecule has 1 N–H and O–H groups in total. The van der Waals surface area contributed by atoms with Gasteiger partial charge >= 0.3 is 0 Å². The smallest absolute Gasteiger partial charge is 0.0664 e. The van der Waals surface area contributed by atoms with Gasteiger partial charge in [-0.15, -0.1) is 0 Å². The molecule has 90 valence electrons. The van der Waals surface area contributed by atoms with Crippen molar-refractivity contribution in [2.24, 2.45) is 0 Å². The fraction of sp³-hybridized carbons (Fsp3) is 0.500. The summed E-state index contributed by atoms with van der Waals surface area (Å²) in [6.07, 6.45) is 1.68. The van der Waals surface area contributed by atoms with Crippen molar-refractivity contribution in [3.8, 4) is 0 Å². The zero-order valence-electron chi connectivity index (χ0n) is 10.0. The molecule has 4 heteroatoms. The molecule has 0 saturated heterocycles. The fourth-order valence-corrected chi connectivity index (χ4v) is 1.88.